The largest absolute Gasteiger partial charge is 0.497 e. The van der Waals surface area contributed by atoms with E-state index in [9.17, 15) is 9.90 Å². The van der Waals surface area contributed by atoms with Crippen molar-refractivity contribution in [1.29, 1.82) is 5.41 Å². The summed E-state index contributed by atoms with van der Waals surface area (Å²) >= 11 is 0. The van der Waals surface area contributed by atoms with Crippen molar-refractivity contribution in [2.45, 2.75) is 29.9 Å². The minimum Gasteiger partial charge on any atom is -0.497 e. The van der Waals surface area contributed by atoms with E-state index in [4.69, 9.17) is 14.9 Å². The second-order valence-electron chi connectivity index (χ2n) is 7.37. The van der Waals surface area contributed by atoms with Crippen molar-refractivity contribution in [3.05, 3.63) is 54.1 Å². The molecule has 1 aromatic carbocycles. The van der Waals surface area contributed by atoms with Gasteiger partial charge in [0.25, 0.3) is 0 Å². The fourth-order valence-corrected chi connectivity index (χ4v) is 4.30. The summed E-state index contributed by atoms with van der Waals surface area (Å²) in [6, 6.07) is 7.57. The van der Waals surface area contributed by atoms with E-state index in [0.717, 1.165) is 11.3 Å². The highest BCUT2D eigenvalue weighted by Gasteiger charge is 2.72. The Morgan fingerprint density at radius 1 is 1.19 bits per heavy atom. The topological polar surface area (TPSA) is 86.1 Å². The van der Waals surface area contributed by atoms with Crippen LogP contribution in [0.25, 0.3) is 0 Å². The number of methoxy groups -OCH3 is 1. The second-order valence-corrected chi connectivity index (χ2v) is 7.37. The number of carbonyl (C=O) groups excluding carboxylic acids is 1. The van der Waals surface area contributed by atoms with Crippen LogP contribution in [0.3, 0.4) is 0 Å². The molecule has 7 heteroatoms. The molecule has 0 saturated carbocycles. The number of likely N-dealkylation sites (N-methyl/N-ethyl adjacent to an activating group) is 2. The van der Waals surface area contributed by atoms with Crippen LogP contribution >= 0.6 is 0 Å². The smallest absolute Gasteiger partial charge is 0.198 e. The molecule has 2 saturated heterocycles. The Bertz CT molecular complexity index is 846. The first-order valence-corrected chi connectivity index (χ1v) is 8.79. The number of nitrogens with one attached hydrogen (secondary N) is 1. The standard InChI is InChI=1S/C20H23N3O4/c1-22-17(21)23(2)20(12-14-4-6-16(26-3)7-5-14)19(22,25)13-18(27-20)10-8-15(24)9-11-18/h4-11,21,25H,12-13H2,1-3H3. The quantitative estimate of drug-likeness (QED) is 0.835. The van der Waals surface area contributed by atoms with Gasteiger partial charge in [-0.1, -0.05) is 12.1 Å². The highest BCUT2D eigenvalue weighted by atomic mass is 16.6. The second kappa shape index (κ2) is 5.68. The molecule has 0 amide bonds. The van der Waals surface area contributed by atoms with Gasteiger partial charge in [-0.15, -0.1) is 0 Å². The molecular weight excluding hydrogens is 346 g/mol. The summed E-state index contributed by atoms with van der Waals surface area (Å²) in [6.07, 6.45) is 6.93. The molecule has 4 rings (SSSR count). The molecule has 2 atom stereocenters. The molecule has 1 spiro atoms. The Hall–Kier alpha value is -2.64. The Kier molecular flexibility index (Phi) is 3.73. The van der Waals surface area contributed by atoms with Crippen molar-refractivity contribution in [2.75, 3.05) is 21.2 Å². The summed E-state index contributed by atoms with van der Waals surface area (Å²) in [5.74, 6) is 0.823. The Morgan fingerprint density at radius 3 is 2.41 bits per heavy atom. The molecule has 142 valence electrons. The highest BCUT2D eigenvalue weighted by molar-refractivity contribution is 6.00. The van der Waals surface area contributed by atoms with Gasteiger partial charge in [-0.05, 0) is 42.0 Å². The van der Waals surface area contributed by atoms with Gasteiger partial charge in [-0.3, -0.25) is 10.2 Å². The van der Waals surface area contributed by atoms with Crippen LogP contribution in [-0.2, 0) is 16.0 Å². The number of fused-ring (bicyclic) bond motifs is 1. The molecule has 2 fully saturated rings. The fourth-order valence-electron chi connectivity index (χ4n) is 4.30. The highest BCUT2D eigenvalue weighted by Crippen LogP contribution is 2.55. The molecule has 1 aliphatic carbocycles. The van der Waals surface area contributed by atoms with Crippen LogP contribution in [0.5, 0.6) is 5.75 Å². The van der Waals surface area contributed by atoms with E-state index < -0.39 is 17.1 Å². The number of carbonyl (C=O) groups is 1. The van der Waals surface area contributed by atoms with Gasteiger partial charge in [0, 0.05) is 26.9 Å². The first-order valence-electron chi connectivity index (χ1n) is 8.79. The Labute approximate surface area is 158 Å². The Balaban J connectivity index is 1.77. The van der Waals surface area contributed by atoms with E-state index in [-0.39, 0.29) is 18.2 Å². The molecule has 27 heavy (non-hydrogen) atoms. The van der Waals surface area contributed by atoms with Crippen molar-refractivity contribution in [2.24, 2.45) is 0 Å². The van der Waals surface area contributed by atoms with Gasteiger partial charge in [0.15, 0.2) is 23.2 Å². The lowest BCUT2D eigenvalue weighted by atomic mass is 9.86. The zero-order valence-corrected chi connectivity index (χ0v) is 15.6. The monoisotopic (exact) mass is 369 g/mol. The average Bonchev–Trinajstić information content (AvgIpc) is 2.98. The van der Waals surface area contributed by atoms with E-state index in [2.05, 4.69) is 0 Å². The molecule has 2 aliphatic heterocycles. The van der Waals surface area contributed by atoms with Gasteiger partial charge < -0.3 is 24.4 Å². The Morgan fingerprint density at radius 2 is 1.81 bits per heavy atom. The first kappa shape index (κ1) is 17.8. The summed E-state index contributed by atoms with van der Waals surface area (Å²) in [4.78, 5) is 14.8. The summed E-state index contributed by atoms with van der Waals surface area (Å²) in [7, 11) is 5.06. The van der Waals surface area contributed by atoms with Crippen LogP contribution < -0.4 is 4.74 Å². The van der Waals surface area contributed by atoms with Crippen LogP contribution in [0.15, 0.2) is 48.6 Å². The van der Waals surface area contributed by atoms with E-state index in [1.54, 1.807) is 43.2 Å². The molecule has 3 aliphatic rings. The van der Waals surface area contributed by atoms with Gasteiger partial charge in [0.05, 0.1) is 7.11 Å². The maximum absolute atomic E-state index is 11.7. The molecular formula is C20H23N3O4. The lowest BCUT2D eigenvalue weighted by Gasteiger charge is -2.39. The zero-order chi connectivity index (χ0) is 19.4. The van der Waals surface area contributed by atoms with Crippen LogP contribution in [0, 0.1) is 5.41 Å². The van der Waals surface area contributed by atoms with E-state index in [1.807, 2.05) is 24.3 Å². The molecule has 1 aromatic rings. The summed E-state index contributed by atoms with van der Waals surface area (Å²) < 4.78 is 11.7. The normalized spacial score (nSPS) is 31.1. The molecule has 0 bridgehead atoms. The predicted molar refractivity (Wildman–Crippen MR) is 99.4 cm³/mol. The molecule has 7 nitrogen and oxygen atoms in total. The molecule has 2 unspecified atom stereocenters. The van der Waals surface area contributed by atoms with Crippen LogP contribution in [0.4, 0.5) is 0 Å². The number of ketones is 1. The van der Waals surface area contributed by atoms with Gasteiger partial charge in [-0.25, -0.2) is 0 Å². The van der Waals surface area contributed by atoms with Gasteiger partial charge >= 0.3 is 0 Å². The number of ether oxygens (including phenoxy) is 2. The lowest BCUT2D eigenvalue weighted by molar-refractivity contribution is -0.202. The SMILES string of the molecule is COc1ccc(CC23OC4(C=CC(=O)C=C4)CC2(O)N(C)C(=N)N3C)cc1. The van der Waals surface area contributed by atoms with Gasteiger partial charge in [0.1, 0.15) is 11.4 Å². The maximum atomic E-state index is 11.7. The van der Waals surface area contributed by atoms with E-state index in [0.29, 0.717) is 6.42 Å². The molecule has 2 heterocycles. The summed E-state index contributed by atoms with van der Waals surface area (Å²) in [5, 5.41) is 20.1. The molecule has 2 N–H and O–H groups in total. The van der Waals surface area contributed by atoms with E-state index in [1.165, 1.54) is 12.2 Å². The summed E-state index contributed by atoms with van der Waals surface area (Å²) in [6.45, 7) is 0. The van der Waals surface area contributed by atoms with Crippen LogP contribution in [0.1, 0.15) is 12.0 Å². The van der Waals surface area contributed by atoms with Crippen LogP contribution in [-0.4, -0.2) is 64.9 Å². The average molecular weight is 369 g/mol. The third-order valence-corrected chi connectivity index (χ3v) is 5.90. The van der Waals surface area contributed by atoms with Crippen molar-refractivity contribution < 1.29 is 19.4 Å². The molecule has 0 radical (unpaired) electrons. The number of rotatable bonds is 3. The predicted octanol–water partition coefficient (Wildman–Crippen LogP) is 1.29. The number of guanidine groups is 1. The maximum Gasteiger partial charge on any atom is 0.198 e. The minimum atomic E-state index is -1.42. The van der Waals surface area contributed by atoms with Crippen molar-refractivity contribution in [1.82, 2.24) is 9.80 Å². The number of benzene rings is 1. The van der Waals surface area contributed by atoms with Crippen LogP contribution in [0.2, 0.25) is 0 Å². The van der Waals surface area contributed by atoms with Crippen molar-refractivity contribution in [3.63, 3.8) is 0 Å². The summed E-state index contributed by atoms with van der Waals surface area (Å²) in [5.41, 5.74) is -2.53. The van der Waals surface area contributed by atoms with Gasteiger partial charge in [0.2, 0.25) is 0 Å². The first-order chi connectivity index (χ1) is 12.8. The number of hydrogen-bond donors (Lipinski definition) is 2. The molecule has 0 aromatic heterocycles. The number of nitrogens with zero attached hydrogens (tertiary/aromatic N) is 2. The third-order valence-electron chi connectivity index (χ3n) is 5.90. The fraction of sp³-hybridized carbons (Fsp3) is 0.400. The lowest BCUT2D eigenvalue weighted by Crippen LogP contribution is -2.59. The van der Waals surface area contributed by atoms with Gasteiger partial charge in [-0.2, -0.15) is 0 Å². The number of hydrogen-bond acceptors (Lipinski definition) is 5. The zero-order valence-electron chi connectivity index (χ0n) is 15.6. The number of aliphatic hydroxyl groups is 1. The number of allylic oxidation sites excluding steroid dienone is 2. The van der Waals surface area contributed by atoms with E-state index >= 15 is 0 Å². The van der Waals surface area contributed by atoms with Crippen molar-refractivity contribution in [3.8, 4) is 5.75 Å². The third kappa shape index (κ3) is 2.35. The van der Waals surface area contributed by atoms with Crippen molar-refractivity contribution >= 4 is 11.7 Å². The minimum absolute atomic E-state index is 0.105.